The van der Waals surface area contributed by atoms with Crippen LogP contribution in [0.4, 0.5) is 0 Å². The van der Waals surface area contributed by atoms with Gasteiger partial charge < -0.3 is 14.8 Å². The summed E-state index contributed by atoms with van der Waals surface area (Å²) in [4.78, 5) is 21.6. The first kappa shape index (κ1) is 12.2. The van der Waals surface area contributed by atoms with Crippen LogP contribution < -0.4 is 0 Å². The molecule has 0 fully saturated rings. The minimum Gasteiger partial charge on any atom is -0.507 e. The van der Waals surface area contributed by atoms with E-state index in [1.165, 1.54) is 6.07 Å². The van der Waals surface area contributed by atoms with Crippen molar-refractivity contribution in [2.45, 2.75) is 12.8 Å². The van der Waals surface area contributed by atoms with Crippen LogP contribution in [0.2, 0.25) is 0 Å². The highest BCUT2D eigenvalue weighted by molar-refractivity contribution is 5.99. The number of phenols is 1. The second-order valence-corrected chi connectivity index (χ2v) is 4.14. The molecule has 0 bridgehead atoms. The number of aromatic hydroxyl groups is 1. The van der Waals surface area contributed by atoms with Gasteiger partial charge in [0, 0.05) is 18.1 Å². The number of aromatic nitrogens is 1. The molecule has 1 heterocycles. The fourth-order valence-corrected chi connectivity index (χ4v) is 2.12. The van der Waals surface area contributed by atoms with Gasteiger partial charge in [-0.05, 0) is 24.6 Å². The van der Waals surface area contributed by atoms with Gasteiger partial charge in [-0.25, -0.2) is 0 Å². The summed E-state index contributed by atoms with van der Waals surface area (Å²) in [5, 5.41) is 19.1. The van der Waals surface area contributed by atoms with Gasteiger partial charge in [0.25, 0.3) is 0 Å². The lowest BCUT2D eigenvalue weighted by Crippen LogP contribution is -2.02. The van der Waals surface area contributed by atoms with E-state index < -0.39 is 5.97 Å². The van der Waals surface area contributed by atoms with E-state index in [0.29, 0.717) is 18.2 Å². The number of rotatable bonds is 4. The van der Waals surface area contributed by atoms with Crippen molar-refractivity contribution in [3.05, 3.63) is 29.5 Å². The van der Waals surface area contributed by atoms with Crippen molar-refractivity contribution in [2.75, 3.05) is 0 Å². The third kappa shape index (κ3) is 1.95. The van der Waals surface area contributed by atoms with Crippen molar-refractivity contribution in [2.24, 2.45) is 7.05 Å². The quantitative estimate of drug-likeness (QED) is 0.806. The maximum Gasteiger partial charge on any atom is 0.303 e. The highest BCUT2D eigenvalue weighted by Crippen LogP contribution is 2.28. The van der Waals surface area contributed by atoms with E-state index in [1.54, 1.807) is 17.7 Å². The van der Waals surface area contributed by atoms with Crippen LogP contribution >= 0.6 is 0 Å². The predicted octanol–water partition coefficient (Wildman–Crippen LogP) is 1.71. The minimum atomic E-state index is -0.862. The topological polar surface area (TPSA) is 79.5 Å². The standard InChI is InChI=1S/C13H13NO4/c1-14-9(3-5-12(17)18)6-8-2-4-11(16)10(7-15)13(8)14/h2,4,6-7,16H,3,5H2,1H3,(H,17,18). The summed E-state index contributed by atoms with van der Waals surface area (Å²) in [6, 6.07) is 5.01. The summed E-state index contributed by atoms with van der Waals surface area (Å²) in [6.45, 7) is 0. The molecule has 2 rings (SSSR count). The van der Waals surface area contributed by atoms with Gasteiger partial charge in [-0.1, -0.05) is 0 Å². The number of aldehydes is 1. The fraction of sp³-hybridized carbons (Fsp3) is 0.231. The number of hydrogen-bond donors (Lipinski definition) is 2. The molecular weight excluding hydrogens is 234 g/mol. The zero-order valence-corrected chi connectivity index (χ0v) is 9.88. The summed E-state index contributed by atoms with van der Waals surface area (Å²) in [5.74, 6) is -0.929. The lowest BCUT2D eigenvalue weighted by atomic mass is 10.1. The van der Waals surface area contributed by atoms with Gasteiger partial charge in [-0.3, -0.25) is 9.59 Å². The number of phenolic OH excluding ortho intramolecular Hbond substituents is 1. The molecule has 0 spiro atoms. The van der Waals surface area contributed by atoms with E-state index in [4.69, 9.17) is 5.11 Å². The number of fused-ring (bicyclic) bond motifs is 1. The third-order valence-electron chi connectivity index (χ3n) is 3.03. The van der Waals surface area contributed by atoms with E-state index in [1.807, 2.05) is 6.07 Å². The first-order chi connectivity index (χ1) is 8.54. The van der Waals surface area contributed by atoms with Gasteiger partial charge in [0.2, 0.25) is 0 Å². The maximum atomic E-state index is 11.0. The molecule has 5 nitrogen and oxygen atoms in total. The van der Waals surface area contributed by atoms with Gasteiger partial charge in [-0.15, -0.1) is 0 Å². The normalized spacial score (nSPS) is 10.7. The average Bonchev–Trinajstić information content (AvgIpc) is 2.64. The van der Waals surface area contributed by atoms with Gasteiger partial charge in [0.1, 0.15) is 5.75 Å². The Hall–Kier alpha value is -2.30. The molecule has 0 saturated carbocycles. The number of carbonyl (C=O) groups is 2. The first-order valence-corrected chi connectivity index (χ1v) is 5.52. The fourth-order valence-electron chi connectivity index (χ4n) is 2.12. The average molecular weight is 247 g/mol. The molecule has 0 amide bonds. The Morgan fingerprint density at radius 2 is 2.17 bits per heavy atom. The van der Waals surface area contributed by atoms with E-state index in [2.05, 4.69) is 0 Å². The SMILES string of the molecule is Cn1c(CCC(=O)O)cc2ccc(O)c(C=O)c21. The second-order valence-electron chi connectivity index (χ2n) is 4.14. The van der Waals surface area contributed by atoms with Crippen molar-refractivity contribution in [1.29, 1.82) is 0 Å². The Morgan fingerprint density at radius 3 is 2.78 bits per heavy atom. The van der Waals surface area contributed by atoms with Gasteiger partial charge >= 0.3 is 5.97 Å². The molecule has 1 aromatic carbocycles. The van der Waals surface area contributed by atoms with Gasteiger partial charge in [0.15, 0.2) is 6.29 Å². The molecule has 0 atom stereocenters. The zero-order valence-electron chi connectivity index (χ0n) is 9.88. The molecule has 2 aromatic rings. The van der Waals surface area contributed by atoms with Gasteiger partial charge in [0.05, 0.1) is 17.5 Å². The van der Waals surface area contributed by atoms with E-state index in [-0.39, 0.29) is 17.7 Å². The summed E-state index contributed by atoms with van der Waals surface area (Å²) in [6.07, 6.45) is 1.03. The monoisotopic (exact) mass is 247 g/mol. The molecule has 0 saturated heterocycles. The highest BCUT2D eigenvalue weighted by atomic mass is 16.4. The predicted molar refractivity (Wildman–Crippen MR) is 65.9 cm³/mol. The number of nitrogens with zero attached hydrogens (tertiary/aromatic N) is 1. The van der Waals surface area contributed by atoms with Crippen molar-refractivity contribution >= 4 is 23.2 Å². The third-order valence-corrected chi connectivity index (χ3v) is 3.03. The Labute approximate surface area is 103 Å². The van der Waals surface area contributed by atoms with Crippen LogP contribution in [0.15, 0.2) is 18.2 Å². The summed E-state index contributed by atoms with van der Waals surface area (Å²) in [5.41, 5.74) is 1.68. The number of hydrogen-bond acceptors (Lipinski definition) is 3. The number of aryl methyl sites for hydroxylation is 2. The minimum absolute atomic E-state index is 0.0343. The first-order valence-electron chi connectivity index (χ1n) is 5.52. The molecule has 0 radical (unpaired) electrons. The molecule has 0 aliphatic carbocycles. The number of aliphatic carboxylic acids is 1. The number of benzene rings is 1. The van der Waals surface area contributed by atoms with Crippen molar-refractivity contribution in [3.63, 3.8) is 0 Å². The van der Waals surface area contributed by atoms with Crippen LogP contribution in [-0.4, -0.2) is 27.0 Å². The number of carbonyl (C=O) groups excluding carboxylic acids is 1. The smallest absolute Gasteiger partial charge is 0.303 e. The summed E-state index contributed by atoms with van der Waals surface area (Å²) in [7, 11) is 1.76. The van der Waals surface area contributed by atoms with E-state index in [9.17, 15) is 14.7 Å². The van der Waals surface area contributed by atoms with E-state index >= 15 is 0 Å². The van der Waals surface area contributed by atoms with Crippen LogP contribution in [-0.2, 0) is 18.3 Å². The molecule has 0 aliphatic rings. The van der Waals surface area contributed by atoms with Crippen molar-refractivity contribution < 1.29 is 19.8 Å². The lowest BCUT2D eigenvalue weighted by molar-refractivity contribution is -0.136. The molecule has 18 heavy (non-hydrogen) atoms. The van der Waals surface area contributed by atoms with Crippen LogP contribution in [0.3, 0.4) is 0 Å². The zero-order chi connectivity index (χ0) is 13.3. The molecule has 0 unspecified atom stereocenters. The molecule has 5 heteroatoms. The van der Waals surface area contributed by atoms with Crippen LogP contribution in [0, 0.1) is 0 Å². The van der Waals surface area contributed by atoms with Crippen LogP contribution in [0.25, 0.3) is 10.9 Å². The van der Waals surface area contributed by atoms with Crippen molar-refractivity contribution in [1.82, 2.24) is 4.57 Å². The van der Waals surface area contributed by atoms with Crippen LogP contribution in [0.5, 0.6) is 5.75 Å². The Kier molecular flexibility index (Phi) is 3.06. The molecule has 0 aliphatic heterocycles. The second kappa shape index (κ2) is 4.52. The van der Waals surface area contributed by atoms with Gasteiger partial charge in [-0.2, -0.15) is 0 Å². The summed E-state index contributed by atoms with van der Waals surface area (Å²) >= 11 is 0. The summed E-state index contributed by atoms with van der Waals surface area (Å²) < 4.78 is 1.75. The van der Waals surface area contributed by atoms with Crippen molar-refractivity contribution in [3.8, 4) is 5.75 Å². The molecule has 2 N–H and O–H groups in total. The Morgan fingerprint density at radius 1 is 1.44 bits per heavy atom. The number of carboxylic acids is 1. The van der Waals surface area contributed by atoms with E-state index in [0.717, 1.165) is 11.1 Å². The molecule has 1 aromatic heterocycles. The molecule has 94 valence electrons. The maximum absolute atomic E-state index is 11.0. The highest BCUT2D eigenvalue weighted by Gasteiger charge is 2.13. The largest absolute Gasteiger partial charge is 0.507 e. The van der Waals surface area contributed by atoms with Crippen LogP contribution in [0.1, 0.15) is 22.5 Å². The number of carboxylic acid groups (broad SMARTS) is 1. The Balaban J connectivity index is 2.56. The lowest BCUT2D eigenvalue weighted by Gasteiger charge is -2.05. The molecular formula is C13H13NO4. The Bertz CT molecular complexity index is 627.